The Labute approximate surface area is 97.3 Å². The molecule has 0 saturated heterocycles. The Bertz CT molecular complexity index is 502. The SMILES string of the molecule is O=C(Nc1ccnc(Cl)c1)c1ccncc1. The van der Waals surface area contributed by atoms with Crippen LogP contribution in [0.5, 0.6) is 0 Å². The summed E-state index contributed by atoms with van der Waals surface area (Å²) in [6.45, 7) is 0. The summed E-state index contributed by atoms with van der Waals surface area (Å²) in [6, 6.07) is 6.53. The van der Waals surface area contributed by atoms with Crippen LogP contribution >= 0.6 is 11.6 Å². The number of carbonyl (C=O) groups is 1. The van der Waals surface area contributed by atoms with Crippen LogP contribution in [0.25, 0.3) is 0 Å². The van der Waals surface area contributed by atoms with Crippen LogP contribution in [0.2, 0.25) is 5.15 Å². The monoisotopic (exact) mass is 233 g/mol. The topological polar surface area (TPSA) is 54.9 Å². The summed E-state index contributed by atoms with van der Waals surface area (Å²) >= 11 is 5.70. The van der Waals surface area contributed by atoms with Crippen molar-refractivity contribution in [1.29, 1.82) is 0 Å². The van der Waals surface area contributed by atoms with E-state index >= 15 is 0 Å². The highest BCUT2D eigenvalue weighted by Gasteiger charge is 2.05. The van der Waals surface area contributed by atoms with E-state index in [1.807, 2.05) is 0 Å². The van der Waals surface area contributed by atoms with Crippen LogP contribution in [0, 0.1) is 0 Å². The van der Waals surface area contributed by atoms with Gasteiger partial charge in [0, 0.05) is 29.8 Å². The summed E-state index contributed by atoms with van der Waals surface area (Å²) in [5.41, 5.74) is 1.16. The van der Waals surface area contributed by atoms with Crippen molar-refractivity contribution in [2.45, 2.75) is 0 Å². The van der Waals surface area contributed by atoms with Gasteiger partial charge in [-0.05, 0) is 24.3 Å². The quantitative estimate of drug-likeness (QED) is 0.811. The number of amides is 1. The van der Waals surface area contributed by atoms with Crippen molar-refractivity contribution in [3.05, 3.63) is 53.6 Å². The molecule has 0 aliphatic heterocycles. The number of nitrogens with zero attached hydrogens (tertiary/aromatic N) is 2. The number of nitrogens with one attached hydrogen (secondary N) is 1. The van der Waals surface area contributed by atoms with E-state index in [9.17, 15) is 4.79 Å². The number of hydrogen-bond acceptors (Lipinski definition) is 3. The Kier molecular flexibility index (Phi) is 3.12. The molecule has 2 aromatic heterocycles. The molecule has 0 atom stereocenters. The Morgan fingerprint density at radius 1 is 1.19 bits per heavy atom. The van der Waals surface area contributed by atoms with E-state index in [-0.39, 0.29) is 5.91 Å². The molecule has 2 rings (SSSR count). The molecule has 0 bridgehead atoms. The molecule has 1 N–H and O–H groups in total. The molecule has 16 heavy (non-hydrogen) atoms. The van der Waals surface area contributed by atoms with Crippen molar-refractivity contribution in [3.63, 3.8) is 0 Å². The number of rotatable bonds is 2. The second-order valence-corrected chi connectivity index (χ2v) is 3.44. The molecule has 0 aromatic carbocycles. The van der Waals surface area contributed by atoms with Gasteiger partial charge in [0.25, 0.3) is 5.91 Å². The fourth-order valence-corrected chi connectivity index (χ4v) is 1.36. The van der Waals surface area contributed by atoms with Gasteiger partial charge in [-0.2, -0.15) is 0 Å². The van der Waals surface area contributed by atoms with Gasteiger partial charge in [-0.15, -0.1) is 0 Å². The van der Waals surface area contributed by atoms with Crippen LogP contribution in [0.15, 0.2) is 42.9 Å². The van der Waals surface area contributed by atoms with Crippen molar-refractivity contribution in [2.24, 2.45) is 0 Å². The van der Waals surface area contributed by atoms with Crippen molar-refractivity contribution < 1.29 is 4.79 Å². The summed E-state index contributed by atoms with van der Waals surface area (Å²) in [7, 11) is 0. The molecular weight excluding hydrogens is 226 g/mol. The molecule has 0 unspecified atom stereocenters. The zero-order valence-corrected chi connectivity index (χ0v) is 8.98. The van der Waals surface area contributed by atoms with Crippen LogP contribution in [0.4, 0.5) is 5.69 Å². The van der Waals surface area contributed by atoms with Crippen molar-refractivity contribution in [3.8, 4) is 0 Å². The van der Waals surface area contributed by atoms with Crippen LogP contribution in [0.3, 0.4) is 0 Å². The largest absolute Gasteiger partial charge is 0.322 e. The molecular formula is C11H8ClN3O. The van der Waals surface area contributed by atoms with Gasteiger partial charge < -0.3 is 5.32 Å². The van der Waals surface area contributed by atoms with E-state index < -0.39 is 0 Å². The Morgan fingerprint density at radius 3 is 2.62 bits per heavy atom. The molecule has 0 radical (unpaired) electrons. The summed E-state index contributed by atoms with van der Waals surface area (Å²) < 4.78 is 0. The maximum absolute atomic E-state index is 11.7. The molecule has 0 aliphatic rings. The second kappa shape index (κ2) is 4.72. The van der Waals surface area contributed by atoms with E-state index in [2.05, 4.69) is 15.3 Å². The van der Waals surface area contributed by atoms with Crippen LogP contribution in [-0.4, -0.2) is 15.9 Å². The first-order valence-corrected chi connectivity index (χ1v) is 4.96. The van der Waals surface area contributed by atoms with Crippen LogP contribution in [0.1, 0.15) is 10.4 Å². The van der Waals surface area contributed by atoms with E-state index in [0.717, 1.165) is 0 Å². The molecule has 0 spiro atoms. The van der Waals surface area contributed by atoms with Crippen molar-refractivity contribution in [2.75, 3.05) is 5.32 Å². The van der Waals surface area contributed by atoms with Gasteiger partial charge in [0.15, 0.2) is 0 Å². The lowest BCUT2D eigenvalue weighted by atomic mass is 10.2. The molecule has 0 fully saturated rings. The number of carbonyl (C=O) groups excluding carboxylic acids is 1. The Balaban J connectivity index is 2.14. The predicted octanol–water partition coefficient (Wildman–Crippen LogP) is 2.38. The van der Waals surface area contributed by atoms with E-state index in [1.165, 1.54) is 6.20 Å². The predicted molar refractivity (Wildman–Crippen MR) is 61.4 cm³/mol. The number of anilines is 1. The summed E-state index contributed by atoms with van der Waals surface area (Å²) in [5, 5.41) is 3.05. The van der Waals surface area contributed by atoms with Gasteiger partial charge >= 0.3 is 0 Å². The first-order valence-electron chi connectivity index (χ1n) is 4.58. The van der Waals surface area contributed by atoms with E-state index in [1.54, 1.807) is 36.7 Å². The van der Waals surface area contributed by atoms with Crippen molar-refractivity contribution >= 4 is 23.2 Å². The van der Waals surface area contributed by atoms with E-state index in [4.69, 9.17) is 11.6 Å². The van der Waals surface area contributed by atoms with Gasteiger partial charge in [-0.25, -0.2) is 4.98 Å². The molecule has 0 aliphatic carbocycles. The number of halogens is 1. The molecule has 1 amide bonds. The number of hydrogen-bond donors (Lipinski definition) is 1. The minimum Gasteiger partial charge on any atom is -0.322 e. The first kappa shape index (κ1) is 10.6. The highest BCUT2D eigenvalue weighted by Crippen LogP contribution is 2.12. The highest BCUT2D eigenvalue weighted by molar-refractivity contribution is 6.29. The molecule has 2 aromatic rings. The van der Waals surface area contributed by atoms with Gasteiger partial charge in [-0.1, -0.05) is 11.6 Å². The molecule has 2 heterocycles. The standard InChI is InChI=1S/C11H8ClN3O/c12-10-7-9(3-6-14-10)15-11(16)8-1-4-13-5-2-8/h1-7H,(H,14,15,16). The number of pyridine rings is 2. The summed E-state index contributed by atoms with van der Waals surface area (Å²) in [5.74, 6) is -0.204. The smallest absolute Gasteiger partial charge is 0.255 e. The first-order chi connectivity index (χ1) is 7.75. The normalized spacial score (nSPS) is 9.81. The molecule has 5 heteroatoms. The average Bonchev–Trinajstić information content (AvgIpc) is 2.30. The Hall–Kier alpha value is -1.94. The van der Waals surface area contributed by atoms with E-state index in [0.29, 0.717) is 16.4 Å². The molecule has 4 nitrogen and oxygen atoms in total. The minimum atomic E-state index is -0.204. The Morgan fingerprint density at radius 2 is 1.94 bits per heavy atom. The summed E-state index contributed by atoms with van der Waals surface area (Å²) in [6.07, 6.45) is 4.66. The fourth-order valence-electron chi connectivity index (χ4n) is 1.19. The lowest BCUT2D eigenvalue weighted by molar-refractivity contribution is 0.102. The van der Waals surface area contributed by atoms with Gasteiger partial charge in [0.1, 0.15) is 5.15 Å². The third-order valence-electron chi connectivity index (χ3n) is 1.93. The average molecular weight is 234 g/mol. The lowest BCUT2D eigenvalue weighted by Gasteiger charge is -2.04. The fraction of sp³-hybridized carbons (Fsp3) is 0. The second-order valence-electron chi connectivity index (χ2n) is 3.06. The minimum absolute atomic E-state index is 0.204. The van der Waals surface area contributed by atoms with Crippen molar-refractivity contribution in [1.82, 2.24) is 9.97 Å². The number of aromatic nitrogens is 2. The third kappa shape index (κ3) is 2.55. The van der Waals surface area contributed by atoms with Gasteiger partial charge in [-0.3, -0.25) is 9.78 Å². The third-order valence-corrected chi connectivity index (χ3v) is 2.13. The van der Waals surface area contributed by atoms with Gasteiger partial charge in [0.2, 0.25) is 0 Å². The lowest BCUT2D eigenvalue weighted by Crippen LogP contribution is -2.11. The maximum atomic E-state index is 11.7. The molecule has 0 saturated carbocycles. The maximum Gasteiger partial charge on any atom is 0.255 e. The molecule has 80 valence electrons. The highest BCUT2D eigenvalue weighted by atomic mass is 35.5. The van der Waals surface area contributed by atoms with Crippen LogP contribution < -0.4 is 5.32 Å². The zero-order valence-electron chi connectivity index (χ0n) is 8.22. The van der Waals surface area contributed by atoms with Crippen LogP contribution in [-0.2, 0) is 0 Å². The zero-order chi connectivity index (χ0) is 11.4. The van der Waals surface area contributed by atoms with Gasteiger partial charge in [0.05, 0.1) is 0 Å². The summed E-state index contributed by atoms with van der Waals surface area (Å²) in [4.78, 5) is 19.4.